The number of nitrogens with one attached hydrogen (secondary N) is 2. The van der Waals surface area contributed by atoms with Crippen LogP contribution in [-0.2, 0) is 4.79 Å². The fourth-order valence-electron chi connectivity index (χ4n) is 3.68. The Morgan fingerprint density at radius 1 is 1.48 bits per heavy atom. The number of hydrogen-bond donors (Lipinski definition) is 2. The minimum Gasteiger partial charge on any atom is -0.472 e. The molecule has 8 heteroatoms. The Labute approximate surface area is 135 Å². The molecule has 3 heterocycles. The molecule has 2 fully saturated rings. The van der Waals surface area contributed by atoms with Crippen molar-refractivity contribution in [3.8, 4) is 5.88 Å². The van der Waals surface area contributed by atoms with Gasteiger partial charge in [-0.2, -0.15) is 0 Å². The number of likely N-dealkylation sites (tertiary alicyclic amines) is 1. The number of piperidine rings is 1. The molecule has 2 N–H and O–H groups in total. The summed E-state index contributed by atoms with van der Waals surface area (Å²) in [5.41, 5.74) is 0.918. The second-order valence-corrected chi connectivity index (χ2v) is 6.68. The van der Waals surface area contributed by atoms with Crippen LogP contribution in [0, 0.1) is 12.3 Å². The van der Waals surface area contributed by atoms with Crippen LogP contribution in [0.5, 0.6) is 5.88 Å². The number of carbonyl (C=O) groups excluding carboxylic acids is 1. The van der Waals surface area contributed by atoms with Crippen LogP contribution in [0.4, 0.5) is 0 Å². The van der Waals surface area contributed by atoms with Gasteiger partial charge in [-0.1, -0.05) is 5.16 Å². The molecule has 8 nitrogen and oxygen atoms in total. The summed E-state index contributed by atoms with van der Waals surface area (Å²) in [6.45, 7) is 5.68. The van der Waals surface area contributed by atoms with Gasteiger partial charge >= 0.3 is 0 Å². The van der Waals surface area contributed by atoms with E-state index in [4.69, 9.17) is 4.74 Å². The van der Waals surface area contributed by atoms with Gasteiger partial charge in [-0.3, -0.25) is 9.69 Å². The van der Waals surface area contributed by atoms with Gasteiger partial charge < -0.3 is 15.4 Å². The number of likely N-dealkylation sites (N-methyl/N-ethyl adjacent to an activating group) is 1. The maximum atomic E-state index is 12.4. The van der Waals surface area contributed by atoms with Crippen LogP contribution in [0.15, 0.2) is 4.63 Å². The molecule has 0 saturated carbocycles. The Kier molecular flexibility index (Phi) is 4.82. The zero-order valence-corrected chi connectivity index (χ0v) is 13.8. The molecule has 2 saturated heterocycles. The molecule has 1 aromatic heterocycles. The van der Waals surface area contributed by atoms with Crippen LogP contribution < -0.4 is 15.4 Å². The number of ether oxygens (including phenoxy) is 1. The molecule has 23 heavy (non-hydrogen) atoms. The lowest BCUT2D eigenvalue weighted by Gasteiger charge is -2.33. The van der Waals surface area contributed by atoms with Crippen LogP contribution in [0.25, 0.3) is 0 Å². The van der Waals surface area contributed by atoms with Gasteiger partial charge in [-0.25, -0.2) is 4.63 Å². The lowest BCUT2D eigenvalue weighted by atomic mass is 9.77. The first-order chi connectivity index (χ1) is 11.1. The minimum absolute atomic E-state index is 0.0384. The van der Waals surface area contributed by atoms with Crippen LogP contribution in [0.3, 0.4) is 0 Å². The normalized spacial score (nSPS) is 24.0. The van der Waals surface area contributed by atoms with E-state index in [0.717, 1.165) is 38.9 Å². The summed E-state index contributed by atoms with van der Waals surface area (Å²) in [6, 6.07) is -0.0384. The molecule has 1 unspecified atom stereocenters. The number of rotatable bonds is 5. The molecule has 0 aliphatic carbocycles. The van der Waals surface area contributed by atoms with Crippen molar-refractivity contribution in [3.63, 3.8) is 0 Å². The number of nitrogens with zero attached hydrogens (tertiary/aromatic N) is 3. The monoisotopic (exact) mass is 323 g/mol. The van der Waals surface area contributed by atoms with Crippen molar-refractivity contribution in [1.82, 2.24) is 25.8 Å². The Bertz CT molecular complexity index is 541. The maximum Gasteiger partial charge on any atom is 0.278 e. The summed E-state index contributed by atoms with van der Waals surface area (Å²) in [5, 5.41) is 13.6. The highest BCUT2D eigenvalue weighted by atomic mass is 16.6. The van der Waals surface area contributed by atoms with E-state index in [2.05, 4.69) is 30.5 Å². The van der Waals surface area contributed by atoms with E-state index in [1.54, 1.807) is 6.92 Å². The van der Waals surface area contributed by atoms with Crippen molar-refractivity contribution in [2.45, 2.75) is 32.2 Å². The summed E-state index contributed by atoms with van der Waals surface area (Å²) in [5.74, 6) is 0.465. The SMILES string of the molecule is Cc1nonc1OCCNC(=O)C1CC2(CCNCC2)CN1C. The van der Waals surface area contributed by atoms with Crippen molar-refractivity contribution in [2.75, 3.05) is 39.8 Å². The highest BCUT2D eigenvalue weighted by Crippen LogP contribution is 2.41. The predicted octanol–water partition coefficient (Wildman–Crippen LogP) is -0.0531. The van der Waals surface area contributed by atoms with Gasteiger partial charge in [0.15, 0.2) is 0 Å². The molecule has 0 aromatic carbocycles. The lowest BCUT2D eigenvalue weighted by Crippen LogP contribution is -2.42. The molecular weight excluding hydrogens is 298 g/mol. The van der Waals surface area contributed by atoms with Gasteiger partial charge in [-0.15, -0.1) is 0 Å². The summed E-state index contributed by atoms with van der Waals surface area (Å²) in [4.78, 5) is 14.6. The second kappa shape index (κ2) is 6.84. The van der Waals surface area contributed by atoms with E-state index >= 15 is 0 Å². The molecule has 0 radical (unpaired) electrons. The van der Waals surface area contributed by atoms with Crippen molar-refractivity contribution < 1.29 is 14.2 Å². The molecule has 2 aliphatic rings. The molecule has 0 bridgehead atoms. The number of hydrogen-bond acceptors (Lipinski definition) is 7. The first kappa shape index (κ1) is 16.2. The molecule has 1 atom stereocenters. The molecule has 1 aromatic rings. The number of carbonyl (C=O) groups is 1. The molecule has 3 rings (SSSR count). The van der Waals surface area contributed by atoms with Crippen molar-refractivity contribution in [3.05, 3.63) is 5.69 Å². The summed E-state index contributed by atoms with van der Waals surface area (Å²) in [7, 11) is 2.04. The number of aryl methyl sites for hydroxylation is 1. The fourth-order valence-corrected chi connectivity index (χ4v) is 3.68. The standard InChI is InChI=1S/C15H25N5O3/c1-11-14(19-23-18-11)22-8-7-17-13(21)12-9-15(10-20(12)2)3-5-16-6-4-15/h12,16H,3-10H2,1-2H3,(H,17,21). The Balaban J connectivity index is 1.44. The third-order valence-electron chi connectivity index (χ3n) is 4.96. The first-order valence-electron chi connectivity index (χ1n) is 8.20. The number of aromatic nitrogens is 2. The zero-order valence-electron chi connectivity index (χ0n) is 13.8. The van der Waals surface area contributed by atoms with E-state index in [0.29, 0.717) is 30.1 Å². The third kappa shape index (κ3) is 3.64. The van der Waals surface area contributed by atoms with Crippen molar-refractivity contribution >= 4 is 5.91 Å². The second-order valence-electron chi connectivity index (χ2n) is 6.68. The van der Waals surface area contributed by atoms with Gasteiger partial charge in [0, 0.05) is 6.54 Å². The number of amides is 1. The summed E-state index contributed by atoms with van der Waals surface area (Å²) < 4.78 is 9.98. The van der Waals surface area contributed by atoms with Gasteiger partial charge in [-0.05, 0) is 56.9 Å². The quantitative estimate of drug-likeness (QED) is 0.734. The molecule has 1 amide bonds. The van der Waals surface area contributed by atoms with Gasteiger partial charge in [0.25, 0.3) is 5.88 Å². The third-order valence-corrected chi connectivity index (χ3v) is 4.96. The van der Waals surface area contributed by atoms with Crippen LogP contribution in [-0.4, -0.2) is 67.0 Å². The van der Waals surface area contributed by atoms with E-state index in [9.17, 15) is 4.79 Å². The molecular formula is C15H25N5O3. The Morgan fingerprint density at radius 2 is 2.26 bits per heavy atom. The lowest BCUT2D eigenvalue weighted by molar-refractivity contribution is -0.125. The summed E-state index contributed by atoms with van der Waals surface area (Å²) >= 11 is 0. The van der Waals surface area contributed by atoms with E-state index in [1.165, 1.54) is 0 Å². The van der Waals surface area contributed by atoms with Crippen molar-refractivity contribution in [1.29, 1.82) is 0 Å². The Morgan fingerprint density at radius 3 is 2.96 bits per heavy atom. The van der Waals surface area contributed by atoms with Crippen LogP contribution in [0.1, 0.15) is 25.0 Å². The van der Waals surface area contributed by atoms with E-state index in [-0.39, 0.29) is 11.9 Å². The van der Waals surface area contributed by atoms with Gasteiger partial charge in [0.2, 0.25) is 5.91 Å². The van der Waals surface area contributed by atoms with Gasteiger partial charge in [0.1, 0.15) is 12.3 Å². The van der Waals surface area contributed by atoms with Crippen LogP contribution in [0.2, 0.25) is 0 Å². The fraction of sp³-hybridized carbons (Fsp3) is 0.800. The zero-order chi connectivity index (χ0) is 16.3. The van der Waals surface area contributed by atoms with Gasteiger partial charge in [0.05, 0.1) is 12.6 Å². The topological polar surface area (TPSA) is 92.5 Å². The predicted molar refractivity (Wildman–Crippen MR) is 83.1 cm³/mol. The average Bonchev–Trinajstić information content (AvgIpc) is 3.08. The maximum absolute atomic E-state index is 12.4. The Hall–Kier alpha value is -1.67. The first-order valence-corrected chi connectivity index (χ1v) is 8.20. The smallest absolute Gasteiger partial charge is 0.278 e. The molecule has 128 valence electrons. The van der Waals surface area contributed by atoms with Crippen molar-refractivity contribution in [2.24, 2.45) is 5.41 Å². The molecule has 1 spiro atoms. The largest absolute Gasteiger partial charge is 0.472 e. The summed E-state index contributed by atoms with van der Waals surface area (Å²) in [6.07, 6.45) is 3.26. The van der Waals surface area contributed by atoms with E-state index < -0.39 is 0 Å². The van der Waals surface area contributed by atoms with E-state index in [1.807, 2.05) is 7.05 Å². The van der Waals surface area contributed by atoms with Crippen LogP contribution >= 0.6 is 0 Å². The highest BCUT2D eigenvalue weighted by Gasteiger charge is 2.45. The minimum atomic E-state index is -0.0384. The average molecular weight is 323 g/mol. The molecule has 2 aliphatic heterocycles. The highest BCUT2D eigenvalue weighted by molar-refractivity contribution is 5.82.